The zero-order valence-electron chi connectivity index (χ0n) is 25.5. The summed E-state index contributed by atoms with van der Waals surface area (Å²) in [5.41, 5.74) is 9.29. The Hall–Kier alpha value is -6.33. The van der Waals surface area contributed by atoms with E-state index >= 15 is 0 Å². The third-order valence-electron chi connectivity index (χ3n) is 9.38. The van der Waals surface area contributed by atoms with Gasteiger partial charge in [-0.1, -0.05) is 78.9 Å². The fourth-order valence-electron chi connectivity index (χ4n) is 7.32. The van der Waals surface area contributed by atoms with Crippen molar-refractivity contribution >= 4 is 65.6 Å². The molecule has 0 N–H and O–H groups in total. The van der Waals surface area contributed by atoms with E-state index in [-0.39, 0.29) is 0 Å². The molecule has 10 rings (SSSR count). The van der Waals surface area contributed by atoms with Crippen LogP contribution < -0.4 is 4.74 Å². The van der Waals surface area contributed by atoms with Crippen molar-refractivity contribution in [2.75, 3.05) is 0 Å². The second-order valence-electron chi connectivity index (χ2n) is 12.1. The van der Waals surface area contributed by atoms with E-state index in [1.807, 2.05) is 30.6 Å². The predicted octanol–water partition coefficient (Wildman–Crippen LogP) is 11.3. The van der Waals surface area contributed by atoms with Gasteiger partial charge < -0.3 is 18.3 Å². The highest BCUT2D eigenvalue weighted by molar-refractivity contribution is 6.15. The van der Waals surface area contributed by atoms with Gasteiger partial charge >= 0.3 is 0 Å². The van der Waals surface area contributed by atoms with E-state index in [0.717, 1.165) is 94.0 Å². The summed E-state index contributed by atoms with van der Waals surface area (Å²) < 4.78 is 17.8. The number of benzene rings is 6. The van der Waals surface area contributed by atoms with E-state index in [2.05, 4.69) is 131 Å². The number of aromatic nitrogens is 3. The predicted molar refractivity (Wildman–Crippen MR) is 191 cm³/mol. The Kier molecular flexibility index (Phi) is 5.43. The minimum absolute atomic E-state index is 0.729. The molecule has 0 unspecified atom stereocenters. The van der Waals surface area contributed by atoms with Crippen LogP contribution in [0, 0.1) is 6.92 Å². The lowest BCUT2D eigenvalue weighted by Crippen LogP contribution is -1.95. The second kappa shape index (κ2) is 9.83. The Morgan fingerprint density at radius 2 is 1.17 bits per heavy atom. The van der Waals surface area contributed by atoms with E-state index < -0.39 is 0 Å². The maximum atomic E-state index is 7.06. The second-order valence-corrected chi connectivity index (χ2v) is 12.1. The van der Waals surface area contributed by atoms with Crippen molar-refractivity contribution in [2.45, 2.75) is 6.92 Å². The minimum Gasteiger partial charge on any atom is -0.456 e. The summed E-state index contributed by atoms with van der Waals surface area (Å²) in [6.45, 7) is 2.12. The largest absolute Gasteiger partial charge is 0.456 e. The van der Waals surface area contributed by atoms with Crippen LogP contribution >= 0.6 is 0 Å². The Morgan fingerprint density at radius 3 is 1.98 bits per heavy atom. The monoisotopic (exact) mass is 605 g/mol. The number of hydrogen-bond acceptors (Lipinski definition) is 3. The Labute approximate surface area is 269 Å². The van der Waals surface area contributed by atoms with Crippen molar-refractivity contribution < 1.29 is 9.15 Å². The summed E-state index contributed by atoms with van der Waals surface area (Å²) in [5, 5.41) is 6.57. The molecule has 4 heterocycles. The maximum absolute atomic E-state index is 7.06. The Morgan fingerprint density at radius 1 is 0.511 bits per heavy atom. The Bertz CT molecular complexity index is 2840. The summed E-state index contributed by atoms with van der Waals surface area (Å²) in [6, 6.07) is 46.5. The highest BCUT2D eigenvalue weighted by Crippen LogP contribution is 2.45. The molecule has 0 amide bonds. The van der Waals surface area contributed by atoms with E-state index in [0.29, 0.717) is 0 Å². The molecule has 0 aliphatic rings. The number of nitrogens with zero attached hydrogens (tertiary/aromatic N) is 3. The standard InChI is InChI=1S/C42H27N3O2/c1-26-19-21-35-41(31-15-6-9-17-34(31)45(35)28-20-22-38-32(23-28)29-13-7-10-18-37(29)46-38)42(26)47-39-25-43-24-36-40(39)30-14-5-8-16-33(30)44(36)27-11-3-2-4-12-27/h2-25H,1H3. The van der Waals surface area contributed by atoms with Gasteiger partial charge in [0.05, 0.1) is 45.2 Å². The van der Waals surface area contributed by atoms with Gasteiger partial charge in [0.25, 0.3) is 0 Å². The molecular formula is C42H27N3O2. The van der Waals surface area contributed by atoms with Gasteiger partial charge in [0, 0.05) is 32.9 Å². The van der Waals surface area contributed by atoms with Gasteiger partial charge in [-0.2, -0.15) is 0 Å². The number of furan rings is 1. The number of aryl methyl sites for hydroxylation is 1. The lowest BCUT2D eigenvalue weighted by molar-refractivity contribution is 0.489. The average molecular weight is 606 g/mol. The summed E-state index contributed by atoms with van der Waals surface area (Å²) >= 11 is 0. The van der Waals surface area contributed by atoms with Crippen LogP contribution in [0.2, 0.25) is 0 Å². The van der Waals surface area contributed by atoms with Gasteiger partial charge in [0.15, 0.2) is 5.75 Å². The van der Waals surface area contributed by atoms with Crippen molar-refractivity contribution in [3.63, 3.8) is 0 Å². The highest BCUT2D eigenvalue weighted by Gasteiger charge is 2.22. The molecule has 0 radical (unpaired) electrons. The number of hydrogen-bond donors (Lipinski definition) is 0. The molecule has 5 heteroatoms. The molecule has 0 aliphatic heterocycles. The first kappa shape index (κ1) is 25.9. The normalized spacial score (nSPS) is 11.9. The van der Waals surface area contributed by atoms with Crippen molar-refractivity contribution in [2.24, 2.45) is 0 Å². The fraction of sp³-hybridized carbons (Fsp3) is 0.0238. The molecule has 0 saturated carbocycles. The molecular weight excluding hydrogens is 578 g/mol. The third-order valence-corrected chi connectivity index (χ3v) is 9.38. The number of fused-ring (bicyclic) bond motifs is 9. The average Bonchev–Trinajstić information content (AvgIpc) is 3.77. The van der Waals surface area contributed by atoms with Gasteiger partial charge in [-0.3, -0.25) is 4.98 Å². The highest BCUT2D eigenvalue weighted by atomic mass is 16.5. The van der Waals surface area contributed by atoms with Crippen molar-refractivity contribution in [1.82, 2.24) is 14.1 Å². The van der Waals surface area contributed by atoms with E-state index in [4.69, 9.17) is 14.1 Å². The van der Waals surface area contributed by atoms with Crippen LogP contribution in [0.5, 0.6) is 11.5 Å². The van der Waals surface area contributed by atoms with Crippen LogP contribution in [0.3, 0.4) is 0 Å². The maximum Gasteiger partial charge on any atom is 0.155 e. The smallest absolute Gasteiger partial charge is 0.155 e. The van der Waals surface area contributed by atoms with Gasteiger partial charge in [-0.15, -0.1) is 0 Å². The number of pyridine rings is 1. The van der Waals surface area contributed by atoms with Crippen LogP contribution in [-0.4, -0.2) is 14.1 Å². The van der Waals surface area contributed by atoms with Gasteiger partial charge in [-0.05, 0) is 67.1 Å². The summed E-state index contributed by atoms with van der Waals surface area (Å²) in [4.78, 5) is 4.70. The zero-order valence-corrected chi connectivity index (χ0v) is 25.5. The van der Waals surface area contributed by atoms with Crippen LogP contribution in [0.1, 0.15) is 5.56 Å². The zero-order chi connectivity index (χ0) is 31.1. The molecule has 0 atom stereocenters. The van der Waals surface area contributed by atoms with Gasteiger partial charge in [-0.25, -0.2) is 0 Å². The van der Waals surface area contributed by atoms with Gasteiger partial charge in [0.2, 0.25) is 0 Å². The van der Waals surface area contributed by atoms with Crippen molar-refractivity contribution in [3.8, 4) is 22.9 Å². The van der Waals surface area contributed by atoms with Crippen LogP contribution in [-0.2, 0) is 0 Å². The molecule has 0 aliphatic carbocycles. The minimum atomic E-state index is 0.729. The van der Waals surface area contributed by atoms with E-state index in [1.54, 1.807) is 0 Å². The molecule has 0 saturated heterocycles. The van der Waals surface area contributed by atoms with Crippen LogP contribution in [0.25, 0.3) is 76.9 Å². The first-order chi connectivity index (χ1) is 23.2. The molecule has 0 fully saturated rings. The molecule has 222 valence electrons. The fourth-order valence-corrected chi connectivity index (χ4v) is 7.32. The first-order valence-corrected chi connectivity index (χ1v) is 15.8. The number of rotatable bonds is 4. The molecule has 4 aromatic heterocycles. The summed E-state index contributed by atoms with van der Waals surface area (Å²) in [7, 11) is 0. The number of para-hydroxylation sites is 4. The third kappa shape index (κ3) is 3.74. The van der Waals surface area contributed by atoms with Gasteiger partial charge in [0.1, 0.15) is 16.9 Å². The molecule has 0 bridgehead atoms. The molecule has 0 spiro atoms. The lowest BCUT2D eigenvalue weighted by Gasteiger charge is -2.13. The van der Waals surface area contributed by atoms with E-state index in [1.165, 1.54) is 0 Å². The molecule has 5 nitrogen and oxygen atoms in total. The topological polar surface area (TPSA) is 45.1 Å². The molecule has 6 aromatic carbocycles. The summed E-state index contributed by atoms with van der Waals surface area (Å²) in [5.74, 6) is 1.56. The quantitative estimate of drug-likeness (QED) is 0.200. The summed E-state index contributed by atoms with van der Waals surface area (Å²) in [6.07, 6.45) is 3.78. The Balaban J connectivity index is 1.22. The lowest BCUT2D eigenvalue weighted by atomic mass is 10.1. The first-order valence-electron chi connectivity index (χ1n) is 15.8. The molecule has 47 heavy (non-hydrogen) atoms. The SMILES string of the molecule is Cc1ccc2c(c1Oc1cncc3c1c1ccccc1n3-c1ccccc1)c1ccccc1n2-c1ccc2oc3ccccc3c2c1. The molecule has 10 aromatic rings. The van der Waals surface area contributed by atoms with Crippen LogP contribution in [0.4, 0.5) is 0 Å². The van der Waals surface area contributed by atoms with Crippen LogP contribution in [0.15, 0.2) is 150 Å². The van der Waals surface area contributed by atoms with Crippen molar-refractivity contribution in [1.29, 1.82) is 0 Å². The van der Waals surface area contributed by atoms with E-state index in [9.17, 15) is 0 Å². The number of ether oxygens (including phenoxy) is 1. The van der Waals surface area contributed by atoms with Crippen molar-refractivity contribution in [3.05, 3.63) is 151 Å².